The van der Waals surface area contributed by atoms with Gasteiger partial charge in [0.1, 0.15) is 5.82 Å². The molecule has 2 heteroatoms. The Bertz CT molecular complexity index is 369. The van der Waals surface area contributed by atoms with Crippen molar-refractivity contribution in [1.29, 1.82) is 0 Å². The zero-order chi connectivity index (χ0) is 13.7. The van der Waals surface area contributed by atoms with E-state index in [4.69, 9.17) is 0 Å². The van der Waals surface area contributed by atoms with Crippen LogP contribution in [0.15, 0.2) is 24.3 Å². The number of hydrogen-bond donors (Lipinski definition) is 1. The van der Waals surface area contributed by atoms with Gasteiger partial charge in [-0.3, -0.25) is 0 Å². The summed E-state index contributed by atoms with van der Waals surface area (Å²) in [6, 6.07) is 7.98. The van der Waals surface area contributed by atoms with Crippen LogP contribution >= 0.6 is 0 Å². The first-order valence-electron chi connectivity index (χ1n) is 7.72. The van der Waals surface area contributed by atoms with E-state index in [1.54, 1.807) is 12.1 Å². The van der Waals surface area contributed by atoms with Gasteiger partial charge >= 0.3 is 0 Å². The molecule has 2 rings (SSSR count). The van der Waals surface area contributed by atoms with E-state index in [9.17, 15) is 4.39 Å². The topological polar surface area (TPSA) is 12.0 Å². The van der Waals surface area contributed by atoms with Crippen LogP contribution in [-0.4, -0.2) is 6.04 Å². The van der Waals surface area contributed by atoms with E-state index in [1.165, 1.54) is 44.1 Å². The molecule has 0 spiro atoms. The molecule has 1 aliphatic carbocycles. The smallest absolute Gasteiger partial charge is 0.123 e. The minimum absolute atomic E-state index is 0.144. The molecule has 1 fully saturated rings. The second-order valence-corrected chi connectivity index (χ2v) is 5.93. The van der Waals surface area contributed by atoms with E-state index >= 15 is 0 Å². The average Bonchev–Trinajstić information content (AvgIpc) is 3.22. The molecule has 2 atom stereocenters. The Morgan fingerprint density at radius 2 is 1.89 bits per heavy atom. The van der Waals surface area contributed by atoms with Crippen molar-refractivity contribution in [3.05, 3.63) is 35.6 Å². The lowest BCUT2D eigenvalue weighted by atomic mass is 10.00. The molecule has 1 saturated carbocycles. The van der Waals surface area contributed by atoms with Crippen LogP contribution in [0.2, 0.25) is 0 Å². The molecule has 0 amide bonds. The normalized spacial score (nSPS) is 18.3. The zero-order valence-electron chi connectivity index (χ0n) is 12.2. The molecule has 0 aromatic heterocycles. The van der Waals surface area contributed by atoms with Gasteiger partial charge in [-0.15, -0.1) is 0 Å². The molecule has 19 heavy (non-hydrogen) atoms. The van der Waals surface area contributed by atoms with Crippen molar-refractivity contribution < 1.29 is 4.39 Å². The van der Waals surface area contributed by atoms with Crippen LogP contribution in [0.4, 0.5) is 4.39 Å². The van der Waals surface area contributed by atoms with Crippen molar-refractivity contribution >= 4 is 0 Å². The summed E-state index contributed by atoms with van der Waals surface area (Å²) in [5, 5.41) is 3.75. The van der Waals surface area contributed by atoms with Crippen LogP contribution in [0.1, 0.15) is 64.0 Å². The summed E-state index contributed by atoms with van der Waals surface area (Å²) in [6.45, 7) is 4.51. The Morgan fingerprint density at radius 3 is 2.47 bits per heavy atom. The zero-order valence-corrected chi connectivity index (χ0v) is 12.2. The molecule has 1 aliphatic rings. The highest BCUT2D eigenvalue weighted by Crippen LogP contribution is 2.41. The molecule has 1 N–H and O–H groups in total. The lowest BCUT2D eigenvalue weighted by Crippen LogP contribution is -2.31. The predicted molar refractivity (Wildman–Crippen MR) is 78.6 cm³/mol. The predicted octanol–water partition coefficient (Wildman–Crippen LogP) is 4.84. The van der Waals surface area contributed by atoms with Gasteiger partial charge in [0.2, 0.25) is 0 Å². The van der Waals surface area contributed by atoms with Crippen LogP contribution in [0.3, 0.4) is 0 Å². The van der Waals surface area contributed by atoms with Gasteiger partial charge in [-0.25, -0.2) is 4.39 Å². The standard InChI is InChI=1S/C17H26FN/c1-3-4-5-6-13(2)19-17(14-7-8-14)15-9-11-16(18)12-10-15/h9-14,17,19H,3-8H2,1-2H3. The summed E-state index contributed by atoms with van der Waals surface area (Å²) in [5.74, 6) is 0.605. The lowest BCUT2D eigenvalue weighted by molar-refractivity contribution is 0.394. The van der Waals surface area contributed by atoms with Crippen LogP contribution in [0.5, 0.6) is 0 Å². The largest absolute Gasteiger partial charge is 0.307 e. The fourth-order valence-electron chi connectivity index (χ4n) is 2.69. The van der Waals surface area contributed by atoms with Crippen molar-refractivity contribution in [3.8, 4) is 0 Å². The molecule has 0 heterocycles. The maximum Gasteiger partial charge on any atom is 0.123 e. The molecule has 0 radical (unpaired) electrons. The first-order valence-corrected chi connectivity index (χ1v) is 7.72. The SMILES string of the molecule is CCCCCC(C)NC(c1ccc(F)cc1)C1CC1. The van der Waals surface area contributed by atoms with E-state index < -0.39 is 0 Å². The summed E-state index contributed by atoms with van der Waals surface area (Å²) in [5.41, 5.74) is 1.24. The molecular weight excluding hydrogens is 237 g/mol. The summed E-state index contributed by atoms with van der Waals surface area (Å²) in [4.78, 5) is 0. The fraction of sp³-hybridized carbons (Fsp3) is 0.647. The highest BCUT2D eigenvalue weighted by Gasteiger charge is 2.32. The van der Waals surface area contributed by atoms with Crippen molar-refractivity contribution in [2.45, 2.75) is 64.5 Å². The van der Waals surface area contributed by atoms with Gasteiger partial charge in [0.25, 0.3) is 0 Å². The third-order valence-electron chi connectivity index (χ3n) is 4.03. The second-order valence-electron chi connectivity index (χ2n) is 5.93. The highest BCUT2D eigenvalue weighted by molar-refractivity contribution is 5.22. The van der Waals surface area contributed by atoms with Crippen LogP contribution in [-0.2, 0) is 0 Å². The van der Waals surface area contributed by atoms with Gasteiger partial charge in [0, 0.05) is 12.1 Å². The number of benzene rings is 1. The van der Waals surface area contributed by atoms with Crippen molar-refractivity contribution in [1.82, 2.24) is 5.32 Å². The molecule has 106 valence electrons. The Labute approximate surface area is 116 Å². The Kier molecular flexibility index (Phi) is 5.38. The quantitative estimate of drug-likeness (QED) is 0.662. The van der Waals surface area contributed by atoms with E-state index in [1.807, 2.05) is 12.1 Å². The second kappa shape index (κ2) is 7.04. The third-order valence-corrected chi connectivity index (χ3v) is 4.03. The van der Waals surface area contributed by atoms with Gasteiger partial charge in [-0.2, -0.15) is 0 Å². The van der Waals surface area contributed by atoms with Crippen molar-refractivity contribution in [2.24, 2.45) is 5.92 Å². The summed E-state index contributed by atoms with van der Waals surface area (Å²) < 4.78 is 13.0. The number of unbranched alkanes of at least 4 members (excludes halogenated alkanes) is 2. The molecule has 0 bridgehead atoms. The minimum atomic E-state index is -0.144. The number of halogens is 1. The maximum atomic E-state index is 13.0. The molecule has 0 aliphatic heterocycles. The van der Waals surface area contributed by atoms with Gasteiger partial charge in [0.05, 0.1) is 0 Å². The summed E-state index contributed by atoms with van der Waals surface area (Å²) in [7, 11) is 0. The van der Waals surface area contributed by atoms with Gasteiger partial charge in [-0.05, 0) is 49.8 Å². The molecule has 1 aromatic carbocycles. The van der Waals surface area contributed by atoms with Crippen LogP contribution in [0.25, 0.3) is 0 Å². The van der Waals surface area contributed by atoms with Crippen molar-refractivity contribution in [3.63, 3.8) is 0 Å². The van der Waals surface area contributed by atoms with E-state index in [0.29, 0.717) is 12.1 Å². The van der Waals surface area contributed by atoms with Crippen molar-refractivity contribution in [2.75, 3.05) is 0 Å². The first-order chi connectivity index (χ1) is 9.20. The van der Waals surface area contributed by atoms with Crippen LogP contribution < -0.4 is 5.32 Å². The Balaban J connectivity index is 1.91. The monoisotopic (exact) mass is 263 g/mol. The van der Waals surface area contributed by atoms with Crippen LogP contribution in [0, 0.1) is 11.7 Å². The van der Waals surface area contributed by atoms with E-state index in [0.717, 1.165) is 5.92 Å². The average molecular weight is 263 g/mol. The lowest BCUT2D eigenvalue weighted by Gasteiger charge is -2.24. The first kappa shape index (κ1) is 14.5. The molecule has 0 saturated heterocycles. The van der Waals surface area contributed by atoms with E-state index in [2.05, 4.69) is 19.2 Å². The molecule has 1 aromatic rings. The maximum absolute atomic E-state index is 13.0. The van der Waals surface area contributed by atoms with Gasteiger partial charge < -0.3 is 5.32 Å². The van der Waals surface area contributed by atoms with Gasteiger partial charge in [0.15, 0.2) is 0 Å². The number of nitrogens with one attached hydrogen (secondary N) is 1. The van der Waals surface area contributed by atoms with Gasteiger partial charge in [-0.1, -0.05) is 38.3 Å². The third kappa shape index (κ3) is 4.61. The number of hydrogen-bond acceptors (Lipinski definition) is 1. The highest BCUT2D eigenvalue weighted by atomic mass is 19.1. The fourth-order valence-corrected chi connectivity index (χ4v) is 2.69. The number of rotatable bonds is 8. The van der Waals surface area contributed by atoms with E-state index in [-0.39, 0.29) is 5.82 Å². The Hall–Kier alpha value is -0.890. The molecular formula is C17H26FN. The minimum Gasteiger partial charge on any atom is -0.307 e. The summed E-state index contributed by atoms with van der Waals surface area (Å²) in [6.07, 6.45) is 7.73. The summed E-state index contributed by atoms with van der Waals surface area (Å²) >= 11 is 0. The molecule has 2 unspecified atom stereocenters. The Morgan fingerprint density at radius 1 is 1.21 bits per heavy atom. The molecule has 1 nitrogen and oxygen atoms in total.